The largest absolute Gasteiger partial charge is 0.328 e. The number of nitrogens with two attached hydrogens (primary N) is 1. The lowest BCUT2D eigenvalue weighted by molar-refractivity contribution is 0.515. The minimum Gasteiger partial charge on any atom is -0.328 e. The molecule has 0 heterocycles. The van der Waals surface area contributed by atoms with Gasteiger partial charge >= 0.3 is 0 Å². The molecule has 72 valence electrons. The summed E-state index contributed by atoms with van der Waals surface area (Å²) in [5.41, 5.74) is 5.69. The van der Waals surface area contributed by atoms with Gasteiger partial charge in [0, 0.05) is 12.6 Å². The molecule has 0 saturated heterocycles. The molecule has 1 saturated carbocycles. The summed E-state index contributed by atoms with van der Waals surface area (Å²) in [5.74, 6) is 0.440. The SMILES string of the molecule is CS(=O)(=O)NC[C@@H]1CC[C@H](N)C1. The van der Waals surface area contributed by atoms with E-state index in [1.807, 2.05) is 0 Å². The Morgan fingerprint density at radius 1 is 1.50 bits per heavy atom. The molecule has 2 atom stereocenters. The van der Waals surface area contributed by atoms with Gasteiger partial charge in [-0.2, -0.15) is 0 Å². The molecule has 0 aromatic rings. The highest BCUT2D eigenvalue weighted by Crippen LogP contribution is 2.23. The zero-order chi connectivity index (χ0) is 9.19. The van der Waals surface area contributed by atoms with Crippen LogP contribution in [0.5, 0.6) is 0 Å². The number of nitrogens with one attached hydrogen (secondary N) is 1. The van der Waals surface area contributed by atoms with Crippen molar-refractivity contribution in [2.45, 2.75) is 25.3 Å². The van der Waals surface area contributed by atoms with Crippen LogP contribution in [0, 0.1) is 5.92 Å². The highest BCUT2D eigenvalue weighted by molar-refractivity contribution is 7.88. The first-order valence-corrected chi connectivity index (χ1v) is 6.07. The van der Waals surface area contributed by atoms with Gasteiger partial charge < -0.3 is 5.73 Å². The number of sulfonamides is 1. The fourth-order valence-electron chi connectivity index (χ4n) is 1.57. The van der Waals surface area contributed by atoms with E-state index in [1.165, 1.54) is 6.26 Å². The fourth-order valence-corrected chi connectivity index (χ4v) is 2.11. The van der Waals surface area contributed by atoms with Gasteiger partial charge in [0.1, 0.15) is 0 Å². The van der Waals surface area contributed by atoms with Crippen molar-refractivity contribution in [3.05, 3.63) is 0 Å². The summed E-state index contributed by atoms with van der Waals surface area (Å²) in [6.45, 7) is 0.548. The topological polar surface area (TPSA) is 72.2 Å². The Morgan fingerprint density at radius 3 is 2.58 bits per heavy atom. The van der Waals surface area contributed by atoms with Crippen LogP contribution in [-0.4, -0.2) is 27.3 Å². The highest BCUT2D eigenvalue weighted by atomic mass is 32.2. The zero-order valence-corrected chi connectivity index (χ0v) is 8.10. The third kappa shape index (κ3) is 3.51. The molecule has 0 aliphatic heterocycles. The molecule has 4 nitrogen and oxygen atoms in total. The molecule has 12 heavy (non-hydrogen) atoms. The average Bonchev–Trinajstić information content (AvgIpc) is 2.30. The minimum atomic E-state index is -3.02. The lowest BCUT2D eigenvalue weighted by Gasteiger charge is -2.08. The maximum Gasteiger partial charge on any atom is 0.208 e. The minimum absolute atomic E-state index is 0.274. The summed E-state index contributed by atoms with van der Waals surface area (Å²) in [6.07, 6.45) is 4.20. The van der Waals surface area contributed by atoms with Crippen LogP contribution in [0.3, 0.4) is 0 Å². The summed E-state index contributed by atoms with van der Waals surface area (Å²) < 4.78 is 24.0. The van der Waals surface area contributed by atoms with E-state index < -0.39 is 10.0 Å². The van der Waals surface area contributed by atoms with Crippen molar-refractivity contribution in [2.75, 3.05) is 12.8 Å². The smallest absolute Gasteiger partial charge is 0.208 e. The summed E-state index contributed by atoms with van der Waals surface area (Å²) in [7, 11) is -3.02. The van der Waals surface area contributed by atoms with Crippen molar-refractivity contribution in [1.29, 1.82) is 0 Å². The predicted octanol–water partition coefficient (Wildman–Crippen LogP) is -0.337. The molecule has 3 N–H and O–H groups in total. The van der Waals surface area contributed by atoms with Crippen molar-refractivity contribution >= 4 is 10.0 Å². The van der Waals surface area contributed by atoms with Crippen LogP contribution in [0.4, 0.5) is 0 Å². The van der Waals surface area contributed by atoms with Gasteiger partial charge in [-0.15, -0.1) is 0 Å². The van der Waals surface area contributed by atoms with E-state index in [2.05, 4.69) is 4.72 Å². The van der Waals surface area contributed by atoms with Crippen LogP contribution in [0.2, 0.25) is 0 Å². The Bertz CT molecular complexity index is 238. The van der Waals surface area contributed by atoms with Gasteiger partial charge in [0.25, 0.3) is 0 Å². The third-order valence-electron chi connectivity index (χ3n) is 2.22. The monoisotopic (exact) mass is 192 g/mol. The van der Waals surface area contributed by atoms with Gasteiger partial charge in [-0.25, -0.2) is 13.1 Å². The first-order valence-electron chi connectivity index (χ1n) is 4.17. The second-order valence-electron chi connectivity index (χ2n) is 3.56. The van der Waals surface area contributed by atoms with Crippen molar-refractivity contribution in [1.82, 2.24) is 4.72 Å². The Labute approximate surface area is 73.6 Å². The molecule has 0 radical (unpaired) electrons. The normalized spacial score (nSPS) is 30.8. The fraction of sp³-hybridized carbons (Fsp3) is 1.00. The van der Waals surface area contributed by atoms with E-state index in [1.54, 1.807) is 0 Å². The second-order valence-corrected chi connectivity index (χ2v) is 5.39. The summed E-state index contributed by atoms with van der Waals surface area (Å²) in [6, 6.07) is 0.274. The summed E-state index contributed by atoms with van der Waals surface area (Å²) in [4.78, 5) is 0. The van der Waals surface area contributed by atoms with E-state index >= 15 is 0 Å². The average molecular weight is 192 g/mol. The van der Waals surface area contributed by atoms with Crippen LogP contribution in [0.25, 0.3) is 0 Å². The molecular weight excluding hydrogens is 176 g/mol. The molecule has 0 amide bonds. The first-order chi connectivity index (χ1) is 5.47. The molecule has 0 aromatic heterocycles. The van der Waals surface area contributed by atoms with Crippen molar-refractivity contribution in [3.63, 3.8) is 0 Å². The number of rotatable bonds is 3. The van der Waals surface area contributed by atoms with Gasteiger partial charge in [0.15, 0.2) is 0 Å². The molecule has 0 bridgehead atoms. The molecule has 1 fully saturated rings. The van der Waals surface area contributed by atoms with E-state index in [-0.39, 0.29) is 6.04 Å². The molecule has 1 rings (SSSR count). The molecule has 0 aromatic carbocycles. The van der Waals surface area contributed by atoms with E-state index in [0.717, 1.165) is 19.3 Å². The number of hydrogen-bond acceptors (Lipinski definition) is 3. The summed E-state index contributed by atoms with van der Waals surface area (Å²) in [5, 5.41) is 0. The Kier molecular flexibility index (Phi) is 3.09. The van der Waals surface area contributed by atoms with E-state index in [4.69, 9.17) is 5.73 Å². The van der Waals surface area contributed by atoms with Crippen LogP contribution < -0.4 is 10.5 Å². The van der Waals surface area contributed by atoms with Crippen LogP contribution >= 0.6 is 0 Å². The third-order valence-corrected chi connectivity index (χ3v) is 2.91. The molecule has 1 aliphatic carbocycles. The van der Waals surface area contributed by atoms with E-state index in [0.29, 0.717) is 12.5 Å². The van der Waals surface area contributed by atoms with E-state index in [9.17, 15) is 8.42 Å². The molecule has 5 heteroatoms. The van der Waals surface area contributed by atoms with Crippen LogP contribution in [0.15, 0.2) is 0 Å². The van der Waals surface area contributed by atoms with Crippen molar-refractivity contribution < 1.29 is 8.42 Å². The van der Waals surface area contributed by atoms with Gasteiger partial charge in [0.05, 0.1) is 6.26 Å². The van der Waals surface area contributed by atoms with Gasteiger partial charge in [0.2, 0.25) is 10.0 Å². The molecule has 0 spiro atoms. The van der Waals surface area contributed by atoms with Crippen LogP contribution in [0.1, 0.15) is 19.3 Å². The second kappa shape index (κ2) is 3.72. The molecule has 1 aliphatic rings. The maximum atomic E-state index is 10.7. The number of hydrogen-bond donors (Lipinski definition) is 2. The van der Waals surface area contributed by atoms with Gasteiger partial charge in [-0.3, -0.25) is 0 Å². The standard InChI is InChI=1S/C7H16N2O2S/c1-12(10,11)9-5-6-2-3-7(8)4-6/h6-7,9H,2-5,8H2,1H3/t6-,7+/m1/s1. The van der Waals surface area contributed by atoms with Crippen molar-refractivity contribution in [2.24, 2.45) is 11.7 Å². The van der Waals surface area contributed by atoms with Gasteiger partial charge in [-0.1, -0.05) is 0 Å². The lowest BCUT2D eigenvalue weighted by Crippen LogP contribution is -2.28. The van der Waals surface area contributed by atoms with Crippen molar-refractivity contribution in [3.8, 4) is 0 Å². The lowest BCUT2D eigenvalue weighted by atomic mass is 10.1. The summed E-state index contributed by atoms with van der Waals surface area (Å²) >= 11 is 0. The Hall–Kier alpha value is -0.130. The zero-order valence-electron chi connectivity index (χ0n) is 7.29. The Morgan fingerprint density at radius 2 is 2.17 bits per heavy atom. The quantitative estimate of drug-likeness (QED) is 0.642. The van der Waals surface area contributed by atoms with Crippen LogP contribution in [-0.2, 0) is 10.0 Å². The van der Waals surface area contributed by atoms with Gasteiger partial charge in [-0.05, 0) is 25.2 Å². The molecule has 0 unspecified atom stereocenters. The maximum absolute atomic E-state index is 10.7. The predicted molar refractivity (Wildman–Crippen MR) is 48.2 cm³/mol. The molecular formula is C7H16N2O2S. The highest BCUT2D eigenvalue weighted by Gasteiger charge is 2.21. The Balaban J connectivity index is 2.25. The first kappa shape index (κ1) is 9.95.